The van der Waals surface area contributed by atoms with E-state index >= 15 is 0 Å². The zero-order valence-electron chi connectivity index (χ0n) is 18.5. The number of para-hydroxylation sites is 2. The highest BCUT2D eigenvalue weighted by Gasteiger charge is 2.37. The van der Waals surface area contributed by atoms with Crippen LogP contribution in [-0.4, -0.2) is 34.1 Å². The Kier molecular flexibility index (Phi) is 6.55. The molecule has 8 heteroatoms. The minimum absolute atomic E-state index is 0.104. The Morgan fingerprint density at radius 2 is 1.73 bits per heavy atom. The van der Waals surface area contributed by atoms with E-state index in [-0.39, 0.29) is 24.2 Å². The van der Waals surface area contributed by atoms with Crippen molar-refractivity contribution < 1.29 is 22.7 Å². The van der Waals surface area contributed by atoms with Crippen molar-refractivity contribution in [3.8, 4) is 11.5 Å². The Morgan fingerprint density at radius 1 is 1.06 bits per heavy atom. The second kappa shape index (κ2) is 9.54. The van der Waals surface area contributed by atoms with Crippen molar-refractivity contribution in [1.29, 1.82) is 0 Å². The molecule has 4 rings (SSSR count). The molecule has 1 N–H and O–H groups in total. The van der Waals surface area contributed by atoms with Crippen LogP contribution in [-0.2, 0) is 20.6 Å². The van der Waals surface area contributed by atoms with Crippen molar-refractivity contribution in [3.63, 3.8) is 0 Å². The lowest BCUT2D eigenvalue weighted by atomic mass is 10.1. The molecule has 0 saturated heterocycles. The number of sulfonamides is 1. The molecular weight excluding hydrogens is 440 g/mol. The number of carbonyl (C=O) groups is 1. The average molecular weight is 467 g/mol. The summed E-state index contributed by atoms with van der Waals surface area (Å²) in [5, 5.41) is 2.93. The van der Waals surface area contributed by atoms with Crippen molar-refractivity contribution in [2.75, 3.05) is 18.0 Å². The summed E-state index contributed by atoms with van der Waals surface area (Å²) in [5.41, 5.74) is 2.00. The fourth-order valence-corrected chi connectivity index (χ4v) is 5.33. The predicted octanol–water partition coefficient (Wildman–Crippen LogP) is 3.67. The molecule has 1 aliphatic rings. The Morgan fingerprint density at radius 3 is 2.42 bits per heavy atom. The third-order valence-electron chi connectivity index (χ3n) is 5.53. The average Bonchev–Trinajstić information content (AvgIpc) is 2.83. The summed E-state index contributed by atoms with van der Waals surface area (Å²) in [6.45, 7) is 1.76. The van der Waals surface area contributed by atoms with E-state index in [9.17, 15) is 13.2 Å². The molecule has 0 saturated carbocycles. The van der Waals surface area contributed by atoms with Gasteiger partial charge in [-0.15, -0.1) is 0 Å². The summed E-state index contributed by atoms with van der Waals surface area (Å²) in [7, 11) is -2.15. The molecule has 0 bridgehead atoms. The number of hydrogen-bond acceptors (Lipinski definition) is 5. The Hall–Kier alpha value is -3.52. The van der Waals surface area contributed by atoms with E-state index in [1.54, 1.807) is 55.6 Å². The first-order valence-electron chi connectivity index (χ1n) is 10.6. The number of fused-ring (bicyclic) bond motifs is 1. The summed E-state index contributed by atoms with van der Waals surface area (Å²) < 4.78 is 39.0. The second-order valence-electron chi connectivity index (χ2n) is 7.85. The van der Waals surface area contributed by atoms with Crippen LogP contribution in [0.3, 0.4) is 0 Å². The smallest absolute Gasteiger partial charge is 0.263 e. The van der Waals surface area contributed by atoms with Crippen molar-refractivity contribution in [3.05, 3.63) is 90.0 Å². The quantitative estimate of drug-likeness (QED) is 0.574. The minimum Gasteiger partial charge on any atom is -0.497 e. The van der Waals surface area contributed by atoms with Gasteiger partial charge < -0.3 is 14.8 Å². The fourth-order valence-electron chi connectivity index (χ4n) is 3.75. The number of nitrogens with zero attached hydrogens (tertiary/aromatic N) is 1. The van der Waals surface area contributed by atoms with Gasteiger partial charge in [-0.25, -0.2) is 8.42 Å². The van der Waals surface area contributed by atoms with Crippen LogP contribution in [0.15, 0.2) is 78.9 Å². The lowest BCUT2D eigenvalue weighted by molar-refractivity contribution is -0.128. The third kappa shape index (κ3) is 5.12. The summed E-state index contributed by atoms with van der Waals surface area (Å²) in [4.78, 5) is 13.1. The molecule has 0 spiro atoms. The van der Waals surface area contributed by atoms with E-state index in [1.807, 2.05) is 37.3 Å². The minimum atomic E-state index is -3.75. The fraction of sp³-hybridized carbons (Fsp3) is 0.240. The maximum absolute atomic E-state index is 13.3. The standard InChI is InChI=1S/C25H26N2O5S/c1-18(20-12-14-21(31-2)15-13-20)26-25(28)24-16-27(22-10-6-7-11-23(22)32-24)33(29,30)17-19-8-4-3-5-9-19/h3-15,18,24H,16-17H2,1-2H3,(H,26,28)/t18-,24-/m0/s1. The number of amides is 1. The molecule has 2 atom stereocenters. The van der Waals surface area contributed by atoms with Gasteiger partial charge in [0.25, 0.3) is 5.91 Å². The van der Waals surface area contributed by atoms with Crippen molar-refractivity contribution >= 4 is 21.6 Å². The Bertz CT molecular complexity index is 1210. The maximum atomic E-state index is 13.3. The first-order valence-corrected chi connectivity index (χ1v) is 12.2. The molecule has 7 nitrogen and oxygen atoms in total. The van der Waals surface area contributed by atoms with Crippen molar-refractivity contribution in [2.45, 2.75) is 24.8 Å². The van der Waals surface area contributed by atoms with E-state index < -0.39 is 16.1 Å². The second-order valence-corrected chi connectivity index (χ2v) is 9.74. The van der Waals surface area contributed by atoms with E-state index in [0.29, 0.717) is 17.0 Å². The molecule has 33 heavy (non-hydrogen) atoms. The van der Waals surface area contributed by atoms with Crippen LogP contribution < -0.4 is 19.1 Å². The largest absolute Gasteiger partial charge is 0.497 e. The lowest BCUT2D eigenvalue weighted by Crippen LogP contribution is -2.51. The lowest BCUT2D eigenvalue weighted by Gasteiger charge is -2.35. The Labute approximate surface area is 194 Å². The molecular formula is C25H26N2O5S. The van der Waals surface area contributed by atoms with Crippen LogP contribution in [0.2, 0.25) is 0 Å². The zero-order valence-corrected chi connectivity index (χ0v) is 19.3. The summed E-state index contributed by atoms with van der Waals surface area (Å²) in [6.07, 6.45) is -0.980. The maximum Gasteiger partial charge on any atom is 0.263 e. The van der Waals surface area contributed by atoms with Crippen molar-refractivity contribution in [2.24, 2.45) is 0 Å². The van der Waals surface area contributed by atoms with Gasteiger partial charge in [0.1, 0.15) is 11.5 Å². The van der Waals surface area contributed by atoms with Gasteiger partial charge in [0.2, 0.25) is 10.0 Å². The van der Waals surface area contributed by atoms with Crippen LogP contribution in [0, 0.1) is 0 Å². The first-order chi connectivity index (χ1) is 15.9. The van der Waals surface area contributed by atoms with Gasteiger partial charge in [-0.05, 0) is 42.3 Å². The number of rotatable bonds is 7. The normalized spacial score (nSPS) is 16.3. The molecule has 0 aromatic heterocycles. The van der Waals surface area contributed by atoms with Gasteiger partial charge in [-0.2, -0.15) is 0 Å². The third-order valence-corrected chi connectivity index (χ3v) is 7.24. The van der Waals surface area contributed by atoms with Gasteiger partial charge in [-0.3, -0.25) is 9.10 Å². The van der Waals surface area contributed by atoms with Crippen LogP contribution in [0.5, 0.6) is 11.5 Å². The molecule has 0 fully saturated rings. The molecule has 3 aromatic rings. The zero-order chi connectivity index (χ0) is 23.4. The molecule has 172 valence electrons. The molecule has 0 aliphatic carbocycles. The number of methoxy groups -OCH3 is 1. The summed E-state index contributed by atoms with van der Waals surface area (Å²) >= 11 is 0. The topological polar surface area (TPSA) is 84.9 Å². The molecule has 1 aliphatic heterocycles. The monoisotopic (exact) mass is 466 g/mol. The van der Waals surface area contributed by atoms with Crippen LogP contribution in [0.4, 0.5) is 5.69 Å². The van der Waals surface area contributed by atoms with Crippen LogP contribution >= 0.6 is 0 Å². The van der Waals surface area contributed by atoms with Gasteiger partial charge in [0.15, 0.2) is 6.10 Å². The molecule has 0 unspecified atom stereocenters. The highest BCUT2D eigenvalue weighted by molar-refractivity contribution is 7.92. The molecule has 1 heterocycles. The van der Waals surface area contributed by atoms with E-state index in [1.165, 1.54) is 4.31 Å². The highest BCUT2D eigenvalue weighted by Crippen LogP contribution is 2.36. The number of anilines is 1. The summed E-state index contributed by atoms with van der Waals surface area (Å²) in [5.74, 6) is 0.535. The SMILES string of the molecule is COc1ccc([C@H](C)NC(=O)[C@@H]2CN(S(=O)(=O)Cc3ccccc3)c3ccccc3O2)cc1. The highest BCUT2D eigenvalue weighted by atomic mass is 32.2. The first kappa shape index (κ1) is 22.7. The van der Waals surface area contributed by atoms with Gasteiger partial charge in [0.05, 0.1) is 31.1 Å². The number of nitrogens with one attached hydrogen (secondary N) is 1. The Balaban J connectivity index is 1.54. The van der Waals surface area contributed by atoms with E-state index in [4.69, 9.17) is 9.47 Å². The number of benzene rings is 3. The molecule has 0 radical (unpaired) electrons. The van der Waals surface area contributed by atoms with Crippen molar-refractivity contribution in [1.82, 2.24) is 5.32 Å². The van der Waals surface area contributed by atoms with Gasteiger partial charge in [0, 0.05) is 0 Å². The van der Waals surface area contributed by atoms with Crippen LogP contribution in [0.1, 0.15) is 24.1 Å². The van der Waals surface area contributed by atoms with E-state index in [2.05, 4.69) is 5.32 Å². The van der Waals surface area contributed by atoms with Crippen LogP contribution in [0.25, 0.3) is 0 Å². The van der Waals surface area contributed by atoms with E-state index in [0.717, 1.165) is 11.3 Å². The molecule has 1 amide bonds. The predicted molar refractivity (Wildman–Crippen MR) is 127 cm³/mol. The number of carbonyl (C=O) groups excluding carboxylic acids is 1. The summed E-state index contributed by atoms with van der Waals surface area (Å²) in [6, 6.07) is 22.9. The number of ether oxygens (including phenoxy) is 2. The van der Waals surface area contributed by atoms with Gasteiger partial charge >= 0.3 is 0 Å². The van der Waals surface area contributed by atoms with Gasteiger partial charge in [-0.1, -0.05) is 54.6 Å². The number of hydrogen-bond donors (Lipinski definition) is 1. The molecule has 3 aromatic carbocycles.